The maximum Gasteiger partial charge on any atom is 0.419 e. The van der Waals surface area contributed by atoms with Gasteiger partial charge in [-0.2, -0.15) is 0 Å². The van der Waals surface area contributed by atoms with Crippen LogP contribution in [0.25, 0.3) is 22.0 Å². The molecule has 0 aliphatic rings. The summed E-state index contributed by atoms with van der Waals surface area (Å²) in [7, 11) is 1.64. The Morgan fingerprint density at radius 2 is 2.04 bits per heavy atom. The zero-order valence-corrected chi connectivity index (χ0v) is 13.5. The topological polar surface area (TPSA) is 77.1 Å². The zero-order valence-electron chi connectivity index (χ0n) is 13.5. The highest BCUT2D eigenvalue weighted by molar-refractivity contribution is 6.01. The van der Waals surface area contributed by atoms with E-state index in [4.69, 9.17) is 4.42 Å². The number of hydrogen-bond donors (Lipinski definition) is 1. The van der Waals surface area contributed by atoms with Crippen molar-refractivity contribution in [3.63, 3.8) is 0 Å². The lowest BCUT2D eigenvalue weighted by Gasteiger charge is -2.08. The van der Waals surface area contributed by atoms with Crippen molar-refractivity contribution in [2.75, 3.05) is 5.32 Å². The number of aryl methyl sites for hydroxylation is 1. The van der Waals surface area contributed by atoms with E-state index in [1.54, 1.807) is 31.4 Å². The molecule has 0 aliphatic carbocycles. The summed E-state index contributed by atoms with van der Waals surface area (Å²) in [6.45, 7) is 0. The molecule has 0 radical (unpaired) electrons. The molecule has 2 heterocycles. The highest BCUT2D eigenvalue weighted by atomic mass is 16.4. The lowest BCUT2D eigenvalue weighted by molar-refractivity contribution is -0.115. The Morgan fingerprint density at radius 3 is 2.92 bits per heavy atom. The fourth-order valence-corrected chi connectivity index (χ4v) is 2.87. The van der Waals surface area contributed by atoms with Crippen LogP contribution in [0.5, 0.6) is 0 Å². The van der Waals surface area contributed by atoms with Crippen molar-refractivity contribution in [2.45, 2.75) is 6.42 Å². The first-order valence-electron chi connectivity index (χ1n) is 7.84. The van der Waals surface area contributed by atoms with Crippen LogP contribution in [-0.2, 0) is 18.3 Å². The number of anilines is 1. The van der Waals surface area contributed by atoms with Gasteiger partial charge in [0, 0.05) is 18.6 Å². The Labute approximate surface area is 142 Å². The van der Waals surface area contributed by atoms with E-state index in [1.807, 2.05) is 30.3 Å². The van der Waals surface area contributed by atoms with Gasteiger partial charge in [0.05, 0.1) is 23.1 Å². The molecule has 0 saturated carbocycles. The predicted molar refractivity (Wildman–Crippen MR) is 95.5 cm³/mol. The van der Waals surface area contributed by atoms with E-state index in [-0.39, 0.29) is 12.3 Å². The fourth-order valence-electron chi connectivity index (χ4n) is 2.87. The number of nitrogens with zero attached hydrogens (tertiary/aromatic N) is 2. The average Bonchev–Trinajstić information content (AvgIpc) is 2.90. The second-order valence-corrected chi connectivity index (χ2v) is 5.83. The number of amides is 1. The van der Waals surface area contributed by atoms with E-state index in [0.29, 0.717) is 16.8 Å². The Morgan fingerprint density at radius 1 is 1.20 bits per heavy atom. The molecule has 0 fully saturated rings. The van der Waals surface area contributed by atoms with Gasteiger partial charge < -0.3 is 9.73 Å². The van der Waals surface area contributed by atoms with Gasteiger partial charge in [-0.1, -0.05) is 24.3 Å². The molecule has 1 N–H and O–H groups in total. The number of rotatable bonds is 3. The molecule has 25 heavy (non-hydrogen) atoms. The molecule has 4 aromatic rings. The van der Waals surface area contributed by atoms with Gasteiger partial charge in [-0.3, -0.25) is 14.3 Å². The second-order valence-electron chi connectivity index (χ2n) is 5.83. The van der Waals surface area contributed by atoms with Gasteiger partial charge in [0.15, 0.2) is 5.58 Å². The van der Waals surface area contributed by atoms with E-state index in [0.717, 1.165) is 16.5 Å². The molecule has 0 saturated heterocycles. The Bertz CT molecular complexity index is 1150. The Balaban J connectivity index is 1.59. The number of carbonyl (C=O) groups excluding carboxylic acids is 1. The minimum atomic E-state index is -0.418. The van der Waals surface area contributed by atoms with Gasteiger partial charge in [0.1, 0.15) is 0 Å². The van der Waals surface area contributed by atoms with Crippen LogP contribution in [0.3, 0.4) is 0 Å². The smallest absolute Gasteiger partial charge is 0.408 e. The number of fused-ring (bicyclic) bond motifs is 2. The normalized spacial score (nSPS) is 11.1. The molecule has 124 valence electrons. The van der Waals surface area contributed by atoms with Crippen LogP contribution in [0.4, 0.5) is 5.69 Å². The van der Waals surface area contributed by atoms with Gasteiger partial charge >= 0.3 is 5.76 Å². The Kier molecular flexibility index (Phi) is 3.57. The molecule has 2 aromatic carbocycles. The van der Waals surface area contributed by atoms with Gasteiger partial charge in [-0.15, -0.1) is 0 Å². The molecule has 0 bridgehead atoms. The van der Waals surface area contributed by atoms with Gasteiger partial charge in [-0.25, -0.2) is 4.79 Å². The lowest BCUT2D eigenvalue weighted by atomic mass is 10.1. The van der Waals surface area contributed by atoms with E-state index in [1.165, 1.54) is 4.57 Å². The summed E-state index contributed by atoms with van der Waals surface area (Å²) in [5.41, 5.74) is 3.41. The zero-order chi connectivity index (χ0) is 17.4. The van der Waals surface area contributed by atoms with Gasteiger partial charge in [0.25, 0.3) is 0 Å². The van der Waals surface area contributed by atoms with E-state index in [2.05, 4.69) is 10.3 Å². The van der Waals surface area contributed by atoms with Crippen LogP contribution in [-0.4, -0.2) is 15.5 Å². The third-order valence-electron chi connectivity index (χ3n) is 4.13. The number of nitrogens with one attached hydrogen (secondary N) is 1. The summed E-state index contributed by atoms with van der Waals surface area (Å²) >= 11 is 0. The van der Waals surface area contributed by atoms with Crippen LogP contribution in [0.1, 0.15) is 5.56 Å². The predicted octanol–water partition coefficient (Wildman–Crippen LogP) is 2.86. The third kappa shape index (κ3) is 2.78. The van der Waals surface area contributed by atoms with E-state index in [9.17, 15) is 9.59 Å². The molecule has 0 spiro atoms. The van der Waals surface area contributed by atoms with Crippen LogP contribution >= 0.6 is 0 Å². The monoisotopic (exact) mass is 333 g/mol. The third-order valence-corrected chi connectivity index (χ3v) is 4.13. The molecule has 0 aliphatic heterocycles. The van der Waals surface area contributed by atoms with Gasteiger partial charge in [-0.05, 0) is 29.8 Å². The van der Waals surface area contributed by atoms with Crippen molar-refractivity contribution in [3.05, 3.63) is 70.8 Å². The number of oxazole rings is 1. The van der Waals surface area contributed by atoms with Crippen LogP contribution in [0.15, 0.2) is 63.9 Å². The molecule has 0 unspecified atom stereocenters. The molecule has 4 rings (SSSR count). The number of benzene rings is 2. The fraction of sp³-hybridized carbons (Fsp3) is 0.105. The van der Waals surface area contributed by atoms with Crippen molar-refractivity contribution < 1.29 is 9.21 Å². The first kappa shape index (κ1) is 15.1. The number of pyridine rings is 1. The summed E-state index contributed by atoms with van der Waals surface area (Å²) < 4.78 is 6.52. The van der Waals surface area contributed by atoms with Crippen LogP contribution < -0.4 is 11.1 Å². The molecule has 6 nitrogen and oxygen atoms in total. The second kappa shape index (κ2) is 5.90. The summed E-state index contributed by atoms with van der Waals surface area (Å²) in [6.07, 6.45) is 1.89. The summed E-state index contributed by atoms with van der Waals surface area (Å²) in [5, 5.41) is 3.88. The maximum atomic E-state index is 12.4. The first-order valence-corrected chi connectivity index (χ1v) is 7.84. The molecule has 6 heteroatoms. The van der Waals surface area contributed by atoms with Crippen molar-refractivity contribution >= 4 is 33.6 Å². The molecule has 1 amide bonds. The van der Waals surface area contributed by atoms with Crippen molar-refractivity contribution in [3.8, 4) is 0 Å². The van der Waals surface area contributed by atoms with Crippen molar-refractivity contribution in [1.29, 1.82) is 0 Å². The molecular formula is C19H15N3O3. The first-order chi connectivity index (χ1) is 12.1. The largest absolute Gasteiger partial charge is 0.419 e. The van der Waals surface area contributed by atoms with Crippen molar-refractivity contribution in [2.24, 2.45) is 7.05 Å². The number of para-hydroxylation sites is 1. The summed E-state index contributed by atoms with van der Waals surface area (Å²) in [4.78, 5) is 28.3. The van der Waals surface area contributed by atoms with Crippen molar-refractivity contribution in [1.82, 2.24) is 9.55 Å². The van der Waals surface area contributed by atoms with Crippen LogP contribution in [0.2, 0.25) is 0 Å². The minimum Gasteiger partial charge on any atom is -0.408 e. The molecule has 0 atom stereocenters. The molecule has 2 aromatic heterocycles. The Hall–Kier alpha value is -3.41. The summed E-state index contributed by atoms with van der Waals surface area (Å²) in [6, 6.07) is 14.8. The minimum absolute atomic E-state index is 0.147. The lowest BCUT2D eigenvalue weighted by Crippen LogP contribution is -2.15. The number of carbonyl (C=O) groups is 1. The highest BCUT2D eigenvalue weighted by Gasteiger charge is 2.10. The van der Waals surface area contributed by atoms with Gasteiger partial charge in [0.2, 0.25) is 5.91 Å². The van der Waals surface area contributed by atoms with E-state index < -0.39 is 5.76 Å². The molecular weight excluding hydrogens is 318 g/mol. The van der Waals surface area contributed by atoms with Crippen LogP contribution in [0, 0.1) is 0 Å². The van der Waals surface area contributed by atoms with E-state index >= 15 is 0 Å². The summed E-state index contributed by atoms with van der Waals surface area (Å²) in [5.74, 6) is -0.565. The average molecular weight is 333 g/mol. The highest BCUT2D eigenvalue weighted by Crippen LogP contribution is 2.21. The number of aromatic nitrogens is 2. The SMILES string of the molecule is Cn1c(=O)oc2ccc(CC(=O)Nc3cccc4cccnc34)cc21. The standard InChI is InChI=1S/C19H15N3O3/c1-22-15-10-12(7-8-16(15)25-19(22)24)11-17(23)21-14-6-2-4-13-5-3-9-20-18(13)14/h2-10H,11H2,1H3,(H,21,23). The quantitative estimate of drug-likeness (QED) is 0.625. The maximum absolute atomic E-state index is 12.4. The number of hydrogen-bond acceptors (Lipinski definition) is 4.